The van der Waals surface area contributed by atoms with Crippen LogP contribution in [-0.2, 0) is 4.79 Å². The van der Waals surface area contributed by atoms with Gasteiger partial charge in [0, 0.05) is 6.07 Å². The number of benzene rings is 2. The van der Waals surface area contributed by atoms with Gasteiger partial charge in [0.15, 0.2) is 5.17 Å². The van der Waals surface area contributed by atoms with Gasteiger partial charge in [-0.1, -0.05) is 29.8 Å². The van der Waals surface area contributed by atoms with Gasteiger partial charge in [-0.05, 0) is 41.6 Å². The maximum absolute atomic E-state index is 13.6. The van der Waals surface area contributed by atoms with Crippen LogP contribution in [0.25, 0.3) is 6.08 Å². The maximum Gasteiger partial charge on any atom is 0.288 e. The Morgan fingerprint density at radius 2 is 2.04 bits per heavy atom. The number of hydrogen-bond donors (Lipinski definition) is 1. The Balaban J connectivity index is 1.88. The second-order valence-electron chi connectivity index (χ2n) is 4.90. The Morgan fingerprint density at radius 3 is 2.76 bits per heavy atom. The molecule has 1 aliphatic rings. The Morgan fingerprint density at radius 1 is 1.28 bits per heavy atom. The van der Waals surface area contributed by atoms with E-state index in [-0.39, 0.29) is 26.5 Å². The third-order valence-electron chi connectivity index (χ3n) is 3.19. The molecule has 1 N–H and O–H groups in total. The van der Waals surface area contributed by atoms with Gasteiger partial charge in [-0.2, -0.15) is 0 Å². The largest absolute Gasteiger partial charge is 0.300 e. The summed E-state index contributed by atoms with van der Waals surface area (Å²) in [7, 11) is 0. The smallest absolute Gasteiger partial charge is 0.288 e. The van der Waals surface area contributed by atoms with Crippen LogP contribution in [-0.4, -0.2) is 16.0 Å². The molecule has 2 aromatic carbocycles. The SMILES string of the molecule is O=C1NC(=Nc2ccccc2F)S/C1=C\c1ccc(Cl)c([N+](=O)[O-])c1. The van der Waals surface area contributed by atoms with Crippen LogP contribution >= 0.6 is 23.4 Å². The van der Waals surface area contributed by atoms with Crippen molar-refractivity contribution in [3.05, 3.63) is 73.9 Å². The molecule has 3 rings (SSSR count). The number of hydrogen-bond acceptors (Lipinski definition) is 5. The third-order valence-corrected chi connectivity index (χ3v) is 4.42. The van der Waals surface area contributed by atoms with Crippen LogP contribution in [0.3, 0.4) is 0 Å². The lowest BCUT2D eigenvalue weighted by Gasteiger charge is -1.98. The molecule has 0 unspecified atom stereocenters. The Labute approximate surface area is 150 Å². The van der Waals surface area contributed by atoms with Gasteiger partial charge < -0.3 is 5.32 Å². The van der Waals surface area contributed by atoms with Crippen LogP contribution in [0.2, 0.25) is 5.02 Å². The molecule has 0 aromatic heterocycles. The Hall–Kier alpha value is -2.71. The summed E-state index contributed by atoms with van der Waals surface area (Å²) in [6.45, 7) is 0. The normalized spacial score (nSPS) is 17.1. The molecule has 1 amide bonds. The second kappa shape index (κ2) is 7.04. The van der Waals surface area contributed by atoms with Crippen LogP contribution in [0.4, 0.5) is 15.8 Å². The predicted octanol–water partition coefficient (Wildman–Crippen LogP) is 4.28. The van der Waals surface area contributed by atoms with Gasteiger partial charge in [-0.15, -0.1) is 0 Å². The summed E-state index contributed by atoms with van der Waals surface area (Å²) in [5, 5.41) is 13.7. The molecule has 2 aromatic rings. The average molecular weight is 378 g/mol. The summed E-state index contributed by atoms with van der Waals surface area (Å²) in [5.41, 5.74) is 0.300. The van der Waals surface area contributed by atoms with E-state index in [4.69, 9.17) is 11.6 Å². The van der Waals surface area contributed by atoms with Crippen molar-refractivity contribution in [3.63, 3.8) is 0 Å². The number of amidine groups is 1. The Bertz CT molecular complexity index is 946. The number of carbonyl (C=O) groups is 1. The molecule has 0 saturated carbocycles. The van der Waals surface area contributed by atoms with Crippen LogP contribution < -0.4 is 5.32 Å². The Kier molecular flexibility index (Phi) is 4.82. The fourth-order valence-corrected chi connectivity index (χ4v) is 3.06. The highest BCUT2D eigenvalue weighted by atomic mass is 35.5. The summed E-state index contributed by atoms with van der Waals surface area (Å²) in [5.74, 6) is -0.923. The summed E-state index contributed by atoms with van der Waals surface area (Å²) in [4.78, 5) is 26.7. The number of thioether (sulfide) groups is 1. The molecule has 0 spiro atoms. The number of aliphatic imine (C=N–C) groups is 1. The van der Waals surface area contributed by atoms with E-state index >= 15 is 0 Å². The average Bonchev–Trinajstić information content (AvgIpc) is 2.90. The molecule has 1 aliphatic heterocycles. The van der Waals surface area contributed by atoms with E-state index in [1.165, 1.54) is 36.4 Å². The number of nitrogens with one attached hydrogen (secondary N) is 1. The van der Waals surface area contributed by atoms with E-state index < -0.39 is 16.6 Å². The highest BCUT2D eigenvalue weighted by Gasteiger charge is 2.24. The fraction of sp³-hybridized carbons (Fsp3) is 0. The zero-order chi connectivity index (χ0) is 18.0. The van der Waals surface area contributed by atoms with E-state index in [0.717, 1.165) is 11.8 Å². The minimum atomic E-state index is -0.600. The first kappa shape index (κ1) is 17.1. The van der Waals surface area contributed by atoms with Crippen LogP contribution in [0.1, 0.15) is 5.56 Å². The van der Waals surface area contributed by atoms with Gasteiger partial charge in [-0.25, -0.2) is 9.38 Å². The number of halogens is 2. The van der Waals surface area contributed by atoms with Gasteiger partial charge in [0.25, 0.3) is 11.6 Å². The van der Waals surface area contributed by atoms with Crippen molar-refractivity contribution < 1.29 is 14.1 Å². The molecule has 9 heteroatoms. The van der Waals surface area contributed by atoms with Gasteiger partial charge in [-0.3, -0.25) is 14.9 Å². The molecule has 1 fully saturated rings. The number of nitro groups is 1. The minimum Gasteiger partial charge on any atom is -0.300 e. The van der Waals surface area contributed by atoms with Crippen molar-refractivity contribution in [1.82, 2.24) is 5.32 Å². The van der Waals surface area contributed by atoms with E-state index in [9.17, 15) is 19.3 Å². The summed E-state index contributed by atoms with van der Waals surface area (Å²) in [6, 6.07) is 10.1. The molecular formula is C16H9ClFN3O3S. The van der Waals surface area contributed by atoms with E-state index in [2.05, 4.69) is 10.3 Å². The molecule has 0 bridgehead atoms. The van der Waals surface area contributed by atoms with Crippen molar-refractivity contribution in [2.24, 2.45) is 4.99 Å². The first-order valence-electron chi connectivity index (χ1n) is 6.92. The topological polar surface area (TPSA) is 84.6 Å². The highest BCUT2D eigenvalue weighted by molar-refractivity contribution is 8.18. The fourth-order valence-electron chi connectivity index (χ4n) is 2.04. The lowest BCUT2D eigenvalue weighted by molar-refractivity contribution is -0.384. The van der Waals surface area contributed by atoms with Crippen molar-refractivity contribution in [2.75, 3.05) is 0 Å². The number of para-hydroxylation sites is 1. The van der Waals surface area contributed by atoms with E-state index in [0.29, 0.717) is 5.56 Å². The molecular weight excluding hydrogens is 369 g/mol. The predicted molar refractivity (Wildman–Crippen MR) is 95.3 cm³/mol. The van der Waals surface area contributed by atoms with Gasteiger partial charge >= 0.3 is 0 Å². The monoisotopic (exact) mass is 377 g/mol. The van der Waals surface area contributed by atoms with E-state index in [1.54, 1.807) is 12.1 Å². The molecule has 25 heavy (non-hydrogen) atoms. The highest BCUT2D eigenvalue weighted by Crippen LogP contribution is 2.31. The molecule has 6 nitrogen and oxygen atoms in total. The lowest BCUT2D eigenvalue weighted by Crippen LogP contribution is -2.19. The number of rotatable bonds is 3. The van der Waals surface area contributed by atoms with Crippen molar-refractivity contribution in [3.8, 4) is 0 Å². The summed E-state index contributed by atoms with van der Waals surface area (Å²) in [6.07, 6.45) is 1.48. The number of amides is 1. The molecule has 0 radical (unpaired) electrons. The number of nitro benzene ring substituents is 1. The van der Waals surface area contributed by atoms with Gasteiger partial charge in [0.2, 0.25) is 0 Å². The van der Waals surface area contributed by atoms with E-state index in [1.807, 2.05) is 0 Å². The van der Waals surface area contributed by atoms with Gasteiger partial charge in [0.1, 0.15) is 16.5 Å². The quantitative estimate of drug-likeness (QED) is 0.491. The summed E-state index contributed by atoms with van der Waals surface area (Å²) < 4.78 is 13.6. The zero-order valence-corrected chi connectivity index (χ0v) is 14.0. The second-order valence-corrected chi connectivity index (χ2v) is 6.34. The first-order chi connectivity index (χ1) is 11.9. The third kappa shape index (κ3) is 3.86. The summed E-state index contributed by atoms with van der Waals surface area (Å²) >= 11 is 6.78. The molecule has 1 heterocycles. The first-order valence-corrected chi connectivity index (χ1v) is 8.11. The standard InChI is InChI=1S/C16H9ClFN3O3S/c17-10-6-5-9(7-13(10)21(23)24)8-14-15(22)20-16(25-14)19-12-4-2-1-3-11(12)18/h1-8H,(H,19,20,22)/b14-8-. The minimum absolute atomic E-state index is 0.0116. The van der Waals surface area contributed by atoms with Gasteiger partial charge in [0.05, 0.1) is 9.83 Å². The van der Waals surface area contributed by atoms with Crippen molar-refractivity contribution in [1.29, 1.82) is 0 Å². The van der Waals surface area contributed by atoms with Crippen LogP contribution in [0.15, 0.2) is 52.4 Å². The molecule has 1 saturated heterocycles. The molecule has 126 valence electrons. The van der Waals surface area contributed by atoms with Crippen LogP contribution in [0, 0.1) is 15.9 Å². The molecule has 0 atom stereocenters. The molecule has 0 aliphatic carbocycles. The number of nitrogens with zero attached hydrogens (tertiary/aromatic N) is 2. The van der Waals surface area contributed by atoms with Crippen LogP contribution in [0.5, 0.6) is 0 Å². The van der Waals surface area contributed by atoms with Crippen molar-refractivity contribution in [2.45, 2.75) is 0 Å². The zero-order valence-electron chi connectivity index (χ0n) is 12.4. The van der Waals surface area contributed by atoms with Crippen molar-refractivity contribution >= 4 is 51.9 Å². The number of carbonyl (C=O) groups excluding carboxylic acids is 1. The maximum atomic E-state index is 13.6. The lowest BCUT2D eigenvalue weighted by atomic mass is 10.2.